The molecule has 0 saturated carbocycles. The topological polar surface area (TPSA) is 12.5 Å². The maximum Gasteiger partial charge on any atom is 0.0605 e. The maximum absolute atomic E-state index is 5.37. The van der Waals surface area contributed by atoms with Gasteiger partial charge < -0.3 is 9.64 Å². The Morgan fingerprint density at radius 1 is 1.27 bits per heavy atom. The Kier molecular flexibility index (Phi) is 3.27. The van der Waals surface area contributed by atoms with E-state index in [2.05, 4.69) is 36.1 Å². The van der Waals surface area contributed by atoms with Crippen LogP contribution in [0.5, 0.6) is 0 Å². The summed E-state index contributed by atoms with van der Waals surface area (Å²) in [5.74, 6) is 0. The van der Waals surface area contributed by atoms with Crippen molar-refractivity contribution >= 4 is 5.69 Å². The Morgan fingerprint density at radius 2 is 2.00 bits per heavy atom. The molecule has 1 aromatic carbocycles. The summed E-state index contributed by atoms with van der Waals surface area (Å²) in [5, 5.41) is 0. The van der Waals surface area contributed by atoms with E-state index in [-0.39, 0.29) is 0 Å². The summed E-state index contributed by atoms with van der Waals surface area (Å²) in [5.41, 5.74) is 2.69. The highest BCUT2D eigenvalue weighted by molar-refractivity contribution is 5.48. The molecule has 1 aliphatic heterocycles. The molecule has 1 aromatic rings. The number of aryl methyl sites for hydroxylation is 1. The average Bonchev–Trinajstić information content (AvgIpc) is 2.29. The van der Waals surface area contributed by atoms with Crippen LogP contribution in [0.4, 0.5) is 5.69 Å². The monoisotopic (exact) mass is 205 g/mol. The molecule has 1 aliphatic rings. The first-order valence-electron chi connectivity index (χ1n) is 5.64. The largest absolute Gasteiger partial charge is 0.381 e. The number of rotatable bonds is 2. The van der Waals surface area contributed by atoms with Crippen molar-refractivity contribution in [1.29, 1.82) is 0 Å². The smallest absolute Gasteiger partial charge is 0.0605 e. The van der Waals surface area contributed by atoms with E-state index < -0.39 is 0 Å². The number of methoxy groups -OCH3 is 1. The molecule has 0 bridgehead atoms. The van der Waals surface area contributed by atoms with Gasteiger partial charge in [-0.1, -0.05) is 12.1 Å². The number of hydrogen-bond acceptors (Lipinski definition) is 2. The third-order valence-corrected chi connectivity index (χ3v) is 3.14. The number of piperidine rings is 1. The van der Waals surface area contributed by atoms with Gasteiger partial charge in [-0.05, 0) is 37.5 Å². The third-order valence-electron chi connectivity index (χ3n) is 3.14. The lowest BCUT2D eigenvalue weighted by Gasteiger charge is -2.33. The molecule has 0 atom stereocenters. The predicted molar refractivity (Wildman–Crippen MR) is 63.4 cm³/mol. The number of nitrogens with zero attached hydrogens (tertiary/aromatic N) is 1. The zero-order chi connectivity index (χ0) is 10.7. The zero-order valence-electron chi connectivity index (χ0n) is 9.57. The molecule has 0 unspecified atom stereocenters. The van der Waals surface area contributed by atoms with Gasteiger partial charge in [0, 0.05) is 25.9 Å². The van der Waals surface area contributed by atoms with E-state index in [1.807, 2.05) is 7.11 Å². The van der Waals surface area contributed by atoms with Crippen molar-refractivity contribution in [2.75, 3.05) is 25.1 Å². The molecule has 2 rings (SSSR count). The van der Waals surface area contributed by atoms with Gasteiger partial charge in [0.15, 0.2) is 0 Å². The molecule has 1 fully saturated rings. The van der Waals surface area contributed by atoms with Crippen LogP contribution >= 0.6 is 0 Å². The molecule has 2 heteroatoms. The van der Waals surface area contributed by atoms with E-state index in [9.17, 15) is 0 Å². The van der Waals surface area contributed by atoms with Crippen LogP contribution < -0.4 is 4.90 Å². The molecular formula is C13H19NO. The molecule has 1 heterocycles. The van der Waals surface area contributed by atoms with Crippen molar-refractivity contribution in [2.24, 2.45) is 0 Å². The van der Waals surface area contributed by atoms with Gasteiger partial charge in [0.25, 0.3) is 0 Å². The van der Waals surface area contributed by atoms with Crippen molar-refractivity contribution in [3.05, 3.63) is 29.8 Å². The Bertz CT molecular complexity index is 316. The molecule has 82 valence electrons. The molecule has 0 spiro atoms. The van der Waals surface area contributed by atoms with Crippen molar-refractivity contribution < 1.29 is 4.74 Å². The number of ether oxygens (including phenoxy) is 1. The number of anilines is 1. The second-order valence-corrected chi connectivity index (χ2v) is 4.26. The fraction of sp³-hybridized carbons (Fsp3) is 0.538. The van der Waals surface area contributed by atoms with E-state index in [1.54, 1.807) is 0 Å². The highest BCUT2D eigenvalue weighted by Crippen LogP contribution is 2.21. The minimum absolute atomic E-state index is 0.464. The van der Waals surface area contributed by atoms with Gasteiger partial charge in [0.1, 0.15) is 0 Å². The molecule has 2 nitrogen and oxygen atoms in total. The lowest BCUT2D eigenvalue weighted by Crippen LogP contribution is -2.36. The van der Waals surface area contributed by atoms with Crippen LogP contribution in [-0.4, -0.2) is 26.3 Å². The first kappa shape index (κ1) is 10.5. The van der Waals surface area contributed by atoms with Crippen LogP contribution in [-0.2, 0) is 4.74 Å². The minimum Gasteiger partial charge on any atom is -0.381 e. The van der Waals surface area contributed by atoms with Crippen LogP contribution in [0.15, 0.2) is 24.3 Å². The Labute approximate surface area is 91.9 Å². The number of hydrogen-bond donors (Lipinski definition) is 0. The fourth-order valence-electron chi connectivity index (χ4n) is 2.17. The molecular weight excluding hydrogens is 186 g/mol. The summed E-state index contributed by atoms with van der Waals surface area (Å²) >= 11 is 0. The average molecular weight is 205 g/mol. The van der Waals surface area contributed by atoms with Crippen molar-refractivity contribution in [2.45, 2.75) is 25.9 Å². The third kappa shape index (κ3) is 2.51. The van der Waals surface area contributed by atoms with E-state index in [1.165, 1.54) is 11.3 Å². The van der Waals surface area contributed by atoms with Crippen molar-refractivity contribution in [3.63, 3.8) is 0 Å². The summed E-state index contributed by atoms with van der Waals surface area (Å²) in [7, 11) is 1.81. The second kappa shape index (κ2) is 4.67. The van der Waals surface area contributed by atoms with Gasteiger partial charge in [-0.25, -0.2) is 0 Å². The molecule has 1 saturated heterocycles. The number of benzene rings is 1. The van der Waals surface area contributed by atoms with Crippen LogP contribution in [0.3, 0.4) is 0 Å². The maximum atomic E-state index is 5.37. The van der Waals surface area contributed by atoms with Crippen LogP contribution in [0, 0.1) is 6.92 Å². The summed E-state index contributed by atoms with van der Waals surface area (Å²) < 4.78 is 5.37. The second-order valence-electron chi connectivity index (χ2n) is 4.26. The molecule has 0 aromatic heterocycles. The normalized spacial score (nSPS) is 18.1. The molecule has 0 radical (unpaired) electrons. The summed E-state index contributed by atoms with van der Waals surface area (Å²) in [6, 6.07) is 8.73. The van der Waals surface area contributed by atoms with E-state index in [4.69, 9.17) is 4.74 Å². The van der Waals surface area contributed by atoms with Crippen LogP contribution in [0.25, 0.3) is 0 Å². The van der Waals surface area contributed by atoms with Gasteiger partial charge >= 0.3 is 0 Å². The van der Waals surface area contributed by atoms with Gasteiger partial charge in [0.2, 0.25) is 0 Å². The molecule has 0 amide bonds. The van der Waals surface area contributed by atoms with Crippen molar-refractivity contribution in [1.82, 2.24) is 0 Å². The van der Waals surface area contributed by atoms with E-state index in [0.717, 1.165) is 25.9 Å². The van der Waals surface area contributed by atoms with Gasteiger partial charge in [-0.3, -0.25) is 0 Å². The Hall–Kier alpha value is -1.02. The molecule has 0 aliphatic carbocycles. The minimum atomic E-state index is 0.464. The quantitative estimate of drug-likeness (QED) is 0.736. The Balaban J connectivity index is 2.01. The van der Waals surface area contributed by atoms with Crippen molar-refractivity contribution in [3.8, 4) is 0 Å². The van der Waals surface area contributed by atoms with Crippen LogP contribution in [0.1, 0.15) is 18.4 Å². The molecule has 0 N–H and O–H groups in total. The summed E-state index contributed by atoms with van der Waals surface area (Å²) in [6.07, 6.45) is 2.75. The summed E-state index contributed by atoms with van der Waals surface area (Å²) in [6.45, 7) is 4.37. The standard InChI is InChI=1S/C13H19NO/c1-11-4-3-5-12(10-11)14-8-6-13(15-2)7-9-14/h3-5,10,13H,6-9H2,1-2H3. The van der Waals surface area contributed by atoms with E-state index >= 15 is 0 Å². The SMILES string of the molecule is COC1CCN(c2cccc(C)c2)CC1. The van der Waals surface area contributed by atoms with E-state index in [0.29, 0.717) is 6.10 Å². The lowest BCUT2D eigenvalue weighted by atomic mass is 10.1. The first-order valence-corrected chi connectivity index (χ1v) is 5.64. The predicted octanol–water partition coefficient (Wildman–Crippen LogP) is 2.61. The first-order chi connectivity index (χ1) is 7.29. The lowest BCUT2D eigenvalue weighted by molar-refractivity contribution is 0.0819. The summed E-state index contributed by atoms with van der Waals surface area (Å²) in [4.78, 5) is 2.45. The highest BCUT2D eigenvalue weighted by atomic mass is 16.5. The molecule has 15 heavy (non-hydrogen) atoms. The van der Waals surface area contributed by atoms with Crippen LogP contribution in [0.2, 0.25) is 0 Å². The van der Waals surface area contributed by atoms with Gasteiger partial charge in [-0.15, -0.1) is 0 Å². The zero-order valence-corrected chi connectivity index (χ0v) is 9.57. The fourth-order valence-corrected chi connectivity index (χ4v) is 2.17. The highest BCUT2D eigenvalue weighted by Gasteiger charge is 2.18. The Morgan fingerprint density at radius 3 is 2.60 bits per heavy atom. The van der Waals surface area contributed by atoms with Gasteiger partial charge in [0.05, 0.1) is 6.10 Å². The van der Waals surface area contributed by atoms with Gasteiger partial charge in [-0.2, -0.15) is 0 Å².